The average molecular weight is 554 g/mol. The van der Waals surface area contributed by atoms with E-state index in [1.54, 1.807) is 0 Å². The molecule has 0 aromatic heterocycles. The number of ether oxygens (including phenoxy) is 1. The zero-order chi connectivity index (χ0) is 28.8. The van der Waals surface area contributed by atoms with Crippen LogP contribution in [0, 0.1) is 0 Å². The summed E-state index contributed by atoms with van der Waals surface area (Å²) in [6.45, 7) is 12.6. The smallest absolute Gasteiger partial charge is 0.407 e. The summed E-state index contributed by atoms with van der Waals surface area (Å²) in [6, 6.07) is 15.1. The molecule has 2 N–H and O–H groups in total. The number of carbonyl (C=O) groups excluding carboxylic acids is 2. The van der Waals surface area contributed by atoms with Crippen molar-refractivity contribution in [3.05, 3.63) is 59.7 Å². The van der Waals surface area contributed by atoms with Crippen LogP contribution in [0.3, 0.4) is 0 Å². The van der Waals surface area contributed by atoms with Gasteiger partial charge in [0, 0.05) is 12.3 Å². The molecule has 0 saturated heterocycles. The van der Waals surface area contributed by atoms with E-state index in [2.05, 4.69) is 51.3 Å². The molecule has 0 bridgehead atoms. The first-order valence-corrected chi connectivity index (χ1v) is 16.8. The first kappa shape index (κ1) is 30.6. The lowest BCUT2D eigenvalue weighted by Gasteiger charge is -2.38. The van der Waals surface area contributed by atoms with Crippen LogP contribution in [0.5, 0.6) is 0 Å². The van der Waals surface area contributed by atoms with Gasteiger partial charge in [0.1, 0.15) is 18.8 Å². The van der Waals surface area contributed by atoms with Crippen LogP contribution in [-0.4, -0.2) is 50.0 Å². The third-order valence-electron chi connectivity index (χ3n) is 8.08. The fourth-order valence-electron chi connectivity index (χ4n) is 4.75. The van der Waals surface area contributed by atoms with Gasteiger partial charge in [-0.2, -0.15) is 0 Å². The first-order valence-electron chi connectivity index (χ1n) is 13.9. The zero-order valence-corrected chi connectivity index (χ0v) is 25.1. The van der Waals surface area contributed by atoms with E-state index in [1.807, 2.05) is 43.3 Å². The number of rotatable bonds is 13. The molecule has 7 nitrogen and oxygen atoms in total. The second kappa shape index (κ2) is 12.9. The third kappa shape index (κ3) is 7.79. The summed E-state index contributed by atoms with van der Waals surface area (Å²) in [4.78, 5) is 36.8. The molecular formula is C31H43NO6Si. The second-order valence-corrected chi connectivity index (χ2v) is 16.7. The van der Waals surface area contributed by atoms with Crippen molar-refractivity contribution >= 4 is 26.2 Å². The molecule has 1 aliphatic rings. The lowest BCUT2D eigenvalue weighted by molar-refractivity contribution is -0.139. The molecule has 0 heterocycles. The molecule has 0 unspecified atom stereocenters. The van der Waals surface area contributed by atoms with Crippen molar-refractivity contribution in [2.75, 3.05) is 6.61 Å². The van der Waals surface area contributed by atoms with Gasteiger partial charge in [0.2, 0.25) is 0 Å². The Kier molecular flexibility index (Phi) is 10.1. The minimum absolute atomic E-state index is 0.0353. The lowest BCUT2D eigenvalue weighted by atomic mass is 9.98. The fraction of sp³-hybridized carbons (Fsp3) is 0.516. The number of amides is 1. The summed E-state index contributed by atoms with van der Waals surface area (Å²) < 4.78 is 11.7. The molecule has 0 aliphatic heterocycles. The number of carboxylic acids is 1. The quantitative estimate of drug-likeness (QED) is 0.206. The number of nitrogens with one attached hydrogen (secondary N) is 1. The number of benzene rings is 2. The molecule has 1 aliphatic carbocycles. The largest absolute Gasteiger partial charge is 0.480 e. The van der Waals surface area contributed by atoms with Crippen molar-refractivity contribution < 1.29 is 28.7 Å². The van der Waals surface area contributed by atoms with Crippen molar-refractivity contribution in [2.24, 2.45) is 0 Å². The number of ketones is 1. The van der Waals surface area contributed by atoms with Crippen molar-refractivity contribution in [1.82, 2.24) is 5.32 Å². The van der Waals surface area contributed by atoms with Crippen molar-refractivity contribution in [3.8, 4) is 11.1 Å². The van der Waals surface area contributed by atoms with Gasteiger partial charge >= 0.3 is 12.1 Å². The van der Waals surface area contributed by atoms with Gasteiger partial charge in [-0.3, -0.25) is 4.79 Å². The molecule has 39 heavy (non-hydrogen) atoms. The van der Waals surface area contributed by atoms with E-state index in [-0.39, 0.29) is 29.8 Å². The van der Waals surface area contributed by atoms with Crippen molar-refractivity contribution in [2.45, 2.75) is 96.0 Å². The molecule has 0 radical (unpaired) electrons. The van der Waals surface area contributed by atoms with Crippen LogP contribution in [0.2, 0.25) is 18.1 Å². The Bertz CT molecular complexity index is 1130. The number of hydrogen-bond acceptors (Lipinski definition) is 5. The number of alkyl carbamates (subject to hydrolysis) is 1. The summed E-state index contributed by atoms with van der Waals surface area (Å²) in [7, 11) is -2.02. The van der Waals surface area contributed by atoms with Gasteiger partial charge < -0.3 is 19.6 Å². The van der Waals surface area contributed by atoms with Gasteiger partial charge in [-0.25, -0.2) is 9.59 Å². The van der Waals surface area contributed by atoms with Crippen LogP contribution >= 0.6 is 0 Å². The van der Waals surface area contributed by atoms with Crippen molar-refractivity contribution in [1.29, 1.82) is 0 Å². The Morgan fingerprint density at radius 1 is 0.949 bits per heavy atom. The number of carboxylic acid groups (broad SMARTS) is 1. The Morgan fingerprint density at radius 2 is 1.51 bits per heavy atom. The lowest BCUT2D eigenvalue weighted by Crippen LogP contribution is -2.45. The molecule has 0 fully saturated rings. The summed E-state index contributed by atoms with van der Waals surface area (Å²) in [5.74, 6) is -1.12. The first-order chi connectivity index (χ1) is 18.3. The molecule has 8 heteroatoms. The number of Topliss-reactive ketones (excluding diaryl/α,β-unsaturated/α-hetero) is 1. The van der Waals surface area contributed by atoms with Crippen LogP contribution in [0.15, 0.2) is 48.5 Å². The molecule has 2 atom stereocenters. The molecule has 1 amide bonds. The number of carbonyl (C=O) groups is 3. The predicted octanol–water partition coefficient (Wildman–Crippen LogP) is 6.91. The predicted molar refractivity (Wildman–Crippen MR) is 155 cm³/mol. The van der Waals surface area contributed by atoms with E-state index in [4.69, 9.17) is 9.16 Å². The molecular weight excluding hydrogens is 510 g/mol. The maximum atomic E-state index is 12.6. The van der Waals surface area contributed by atoms with Gasteiger partial charge in [0.05, 0.1) is 0 Å². The number of hydrogen-bond donors (Lipinski definition) is 2. The van der Waals surface area contributed by atoms with E-state index >= 15 is 0 Å². The van der Waals surface area contributed by atoms with Gasteiger partial charge in [0.15, 0.2) is 14.1 Å². The maximum Gasteiger partial charge on any atom is 0.407 e. The van der Waals surface area contributed by atoms with Crippen LogP contribution in [0.25, 0.3) is 11.1 Å². The minimum atomic E-state index is -2.02. The SMILES string of the molecule is C[C@@H](O[Si](C)(C)C(C)(C)C)C(=O)CCCCC[C@H](NC(=O)OCC1c2ccccc2-c2ccccc21)C(=O)O. The van der Waals surface area contributed by atoms with Crippen LogP contribution in [-0.2, 0) is 18.8 Å². The van der Waals surface area contributed by atoms with E-state index in [1.165, 1.54) is 0 Å². The average Bonchev–Trinajstić information content (AvgIpc) is 3.19. The molecule has 2 aromatic rings. The normalized spacial score (nSPS) is 14.7. The molecule has 212 valence electrons. The highest BCUT2D eigenvalue weighted by atomic mass is 28.4. The maximum absolute atomic E-state index is 12.6. The number of fused-ring (bicyclic) bond motifs is 3. The fourth-order valence-corrected chi connectivity index (χ4v) is 6.12. The van der Waals surface area contributed by atoms with E-state index in [9.17, 15) is 19.5 Å². The van der Waals surface area contributed by atoms with E-state index in [0.717, 1.165) is 22.3 Å². The van der Waals surface area contributed by atoms with Gasteiger partial charge in [-0.15, -0.1) is 0 Å². The Hall–Kier alpha value is -2.97. The van der Waals surface area contributed by atoms with Gasteiger partial charge in [-0.05, 0) is 60.2 Å². The number of unbranched alkanes of at least 4 members (excludes halogenated alkanes) is 2. The van der Waals surface area contributed by atoms with Gasteiger partial charge in [0.25, 0.3) is 0 Å². The number of aliphatic carboxylic acids is 1. The highest BCUT2D eigenvalue weighted by molar-refractivity contribution is 6.74. The monoisotopic (exact) mass is 553 g/mol. The summed E-state index contributed by atoms with van der Waals surface area (Å²) >= 11 is 0. The van der Waals surface area contributed by atoms with Crippen LogP contribution in [0.1, 0.15) is 76.8 Å². The molecule has 0 saturated carbocycles. The Labute approximate surface area is 233 Å². The van der Waals surface area contributed by atoms with Crippen molar-refractivity contribution in [3.63, 3.8) is 0 Å². The highest BCUT2D eigenvalue weighted by Gasteiger charge is 2.39. The van der Waals surface area contributed by atoms with Crippen LogP contribution < -0.4 is 5.32 Å². The summed E-state index contributed by atoms with van der Waals surface area (Å²) in [5.41, 5.74) is 4.45. The molecule has 0 spiro atoms. The zero-order valence-electron chi connectivity index (χ0n) is 24.1. The Morgan fingerprint density at radius 3 is 2.05 bits per heavy atom. The second-order valence-electron chi connectivity index (χ2n) is 11.9. The van der Waals surface area contributed by atoms with E-state index in [0.29, 0.717) is 25.7 Å². The van der Waals surface area contributed by atoms with Gasteiger partial charge in [-0.1, -0.05) is 82.1 Å². The molecule has 2 aromatic carbocycles. The summed E-state index contributed by atoms with van der Waals surface area (Å²) in [5, 5.41) is 12.2. The molecule has 3 rings (SSSR count). The highest BCUT2D eigenvalue weighted by Crippen LogP contribution is 2.44. The summed E-state index contributed by atoms with van der Waals surface area (Å²) in [6.07, 6.45) is 1.40. The topological polar surface area (TPSA) is 102 Å². The van der Waals surface area contributed by atoms with E-state index < -0.39 is 32.5 Å². The standard InChI is InChI=1S/C31H43NO6Si/c1-21(38-39(5,6)31(2,3)4)28(33)19-9-7-8-18-27(29(34)35)32-30(36)37-20-26-24-16-12-10-14-22(24)23-15-11-13-17-25(23)26/h10-17,21,26-27H,7-9,18-20H2,1-6H3,(H,32,36)(H,34,35)/t21-,27+/m1/s1. The third-order valence-corrected chi connectivity index (χ3v) is 12.6. The van der Waals surface area contributed by atoms with Crippen LogP contribution in [0.4, 0.5) is 4.79 Å². The minimum Gasteiger partial charge on any atom is -0.480 e. The Balaban J connectivity index is 1.42.